The van der Waals surface area contributed by atoms with Crippen LogP contribution in [0.2, 0.25) is 0 Å². The Balaban J connectivity index is 0.00000109. The summed E-state index contributed by atoms with van der Waals surface area (Å²) in [7, 11) is 0. The molecule has 2 fully saturated rings. The van der Waals surface area contributed by atoms with Crippen molar-refractivity contribution in [1.82, 2.24) is 4.98 Å². The molecule has 0 amide bonds. The minimum Gasteiger partial charge on any atom is -0.462 e. The lowest BCUT2D eigenvalue weighted by Crippen LogP contribution is -2.39. The molecule has 0 aromatic carbocycles. The van der Waals surface area contributed by atoms with Gasteiger partial charge in [-0.1, -0.05) is 20.3 Å². The SMILES string of the molecule is CC.CCOC(=O)c1c(C2CCOCC2)nc2c(c1C)C(=O)CC1(CCC1)C2. The summed E-state index contributed by atoms with van der Waals surface area (Å²) in [6.07, 6.45) is 6.62. The van der Waals surface area contributed by atoms with Crippen LogP contribution in [0.1, 0.15) is 103 Å². The number of fused-ring (bicyclic) bond motifs is 1. The molecule has 3 aliphatic rings. The van der Waals surface area contributed by atoms with Crippen LogP contribution in [-0.4, -0.2) is 36.6 Å². The topological polar surface area (TPSA) is 65.5 Å². The first-order valence-electron chi connectivity index (χ1n) is 10.9. The highest BCUT2D eigenvalue weighted by atomic mass is 16.5. The van der Waals surface area contributed by atoms with E-state index in [2.05, 4.69) is 0 Å². The summed E-state index contributed by atoms with van der Waals surface area (Å²) >= 11 is 0. The molecular formula is C23H33NO4. The van der Waals surface area contributed by atoms with E-state index in [-0.39, 0.29) is 23.1 Å². The van der Waals surface area contributed by atoms with Crippen molar-refractivity contribution in [2.45, 2.75) is 78.6 Å². The Morgan fingerprint density at radius 2 is 1.89 bits per heavy atom. The van der Waals surface area contributed by atoms with Gasteiger partial charge in [0.05, 0.1) is 23.6 Å². The molecule has 0 unspecified atom stereocenters. The summed E-state index contributed by atoms with van der Waals surface area (Å²) < 4.78 is 10.8. The maximum Gasteiger partial charge on any atom is 0.340 e. The van der Waals surface area contributed by atoms with Crippen LogP contribution in [-0.2, 0) is 15.9 Å². The third kappa shape index (κ3) is 3.73. The molecule has 5 heteroatoms. The van der Waals surface area contributed by atoms with Gasteiger partial charge in [0.15, 0.2) is 5.78 Å². The van der Waals surface area contributed by atoms with Crippen LogP contribution in [0.25, 0.3) is 0 Å². The second-order valence-corrected chi connectivity index (χ2v) is 8.06. The van der Waals surface area contributed by atoms with Gasteiger partial charge in [-0.05, 0) is 56.9 Å². The lowest BCUT2D eigenvalue weighted by atomic mass is 9.60. The van der Waals surface area contributed by atoms with Crippen molar-refractivity contribution in [2.75, 3.05) is 19.8 Å². The van der Waals surface area contributed by atoms with Gasteiger partial charge in [-0.2, -0.15) is 0 Å². The van der Waals surface area contributed by atoms with E-state index < -0.39 is 0 Å². The molecule has 0 bridgehead atoms. The molecule has 4 rings (SSSR count). The second-order valence-electron chi connectivity index (χ2n) is 8.06. The van der Waals surface area contributed by atoms with Gasteiger partial charge >= 0.3 is 5.97 Å². The van der Waals surface area contributed by atoms with Crippen LogP contribution in [0.5, 0.6) is 0 Å². The first-order valence-corrected chi connectivity index (χ1v) is 10.9. The van der Waals surface area contributed by atoms with E-state index in [1.54, 1.807) is 6.92 Å². The molecule has 28 heavy (non-hydrogen) atoms. The van der Waals surface area contributed by atoms with Crippen molar-refractivity contribution in [1.29, 1.82) is 0 Å². The van der Waals surface area contributed by atoms with E-state index in [1.807, 2.05) is 20.8 Å². The Bertz CT molecular complexity index is 745. The van der Waals surface area contributed by atoms with Crippen LogP contribution in [0.3, 0.4) is 0 Å². The van der Waals surface area contributed by atoms with E-state index >= 15 is 0 Å². The number of hydrogen-bond acceptors (Lipinski definition) is 5. The zero-order valence-corrected chi connectivity index (χ0v) is 17.7. The van der Waals surface area contributed by atoms with E-state index in [1.165, 1.54) is 6.42 Å². The number of pyridine rings is 1. The summed E-state index contributed by atoms with van der Waals surface area (Å²) in [6, 6.07) is 0. The van der Waals surface area contributed by atoms with Crippen LogP contribution in [0.4, 0.5) is 0 Å². The van der Waals surface area contributed by atoms with Gasteiger partial charge in [-0.3, -0.25) is 9.78 Å². The molecule has 2 heterocycles. The summed E-state index contributed by atoms with van der Waals surface area (Å²) in [6.45, 7) is 9.39. The Morgan fingerprint density at radius 1 is 1.21 bits per heavy atom. The zero-order valence-electron chi connectivity index (χ0n) is 17.7. The average molecular weight is 388 g/mol. The zero-order chi connectivity index (χ0) is 20.3. The second kappa shape index (κ2) is 8.73. The Hall–Kier alpha value is -1.75. The molecule has 2 aliphatic carbocycles. The van der Waals surface area contributed by atoms with E-state index in [0.29, 0.717) is 37.4 Å². The highest BCUT2D eigenvalue weighted by molar-refractivity contribution is 6.04. The van der Waals surface area contributed by atoms with Gasteiger partial charge in [-0.15, -0.1) is 0 Å². The number of hydrogen-bond donors (Lipinski definition) is 0. The summed E-state index contributed by atoms with van der Waals surface area (Å²) in [5.74, 6) is 0.0000685. The maximum atomic E-state index is 12.9. The van der Waals surface area contributed by atoms with Crippen molar-refractivity contribution in [3.05, 3.63) is 28.1 Å². The molecule has 1 spiro atoms. The highest BCUT2D eigenvalue weighted by Gasteiger charge is 2.45. The molecule has 5 nitrogen and oxygen atoms in total. The Morgan fingerprint density at radius 3 is 2.46 bits per heavy atom. The molecule has 154 valence electrons. The van der Waals surface area contributed by atoms with Gasteiger partial charge < -0.3 is 9.47 Å². The largest absolute Gasteiger partial charge is 0.462 e. The van der Waals surface area contributed by atoms with E-state index in [9.17, 15) is 9.59 Å². The van der Waals surface area contributed by atoms with Gasteiger partial charge in [-0.25, -0.2) is 4.79 Å². The molecule has 1 aliphatic heterocycles. The molecule has 1 saturated heterocycles. The number of carbonyl (C=O) groups excluding carboxylic acids is 2. The number of nitrogens with zero attached hydrogens (tertiary/aromatic N) is 1. The lowest BCUT2D eigenvalue weighted by Gasteiger charge is -2.44. The molecule has 1 aromatic heterocycles. The van der Waals surface area contributed by atoms with Crippen LogP contribution < -0.4 is 0 Å². The van der Waals surface area contributed by atoms with Crippen molar-refractivity contribution in [3.63, 3.8) is 0 Å². The third-order valence-corrected chi connectivity index (χ3v) is 6.41. The van der Waals surface area contributed by atoms with Gasteiger partial charge in [0.1, 0.15) is 0 Å². The monoisotopic (exact) mass is 387 g/mol. The molecule has 1 saturated carbocycles. The van der Waals surface area contributed by atoms with Crippen LogP contribution in [0, 0.1) is 12.3 Å². The van der Waals surface area contributed by atoms with Gasteiger partial charge in [0.25, 0.3) is 0 Å². The normalized spacial score (nSPS) is 20.6. The fraction of sp³-hybridized carbons (Fsp3) is 0.696. The molecular weight excluding hydrogens is 354 g/mol. The average Bonchev–Trinajstić information content (AvgIpc) is 2.68. The Labute approximate surface area is 168 Å². The minimum absolute atomic E-state index is 0.127. The first kappa shape index (κ1) is 21.0. The third-order valence-electron chi connectivity index (χ3n) is 6.41. The number of carbonyl (C=O) groups is 2. The van der Waals surface area contributed by atoms with Crippen molar-refractivity contribution in [3.8, 4) is 0 Å². The molecule has 0 atom stereocenters. The summed E-state index contributed by atoms with van der Waals surface area (Å²) in [5.41, 5.74) is 3.84. The predicted molar refractivity (Wildman–Crippen MR) is 108 cm³/mol. The van der Waals surface area contributed by atoms with Gasteiger partial charge in [0.2, 0.25) is 0 Å². The van der Waals surface area contributed by atoms with Gasteiger partial charge in [0, 0.05) is 31.1 Å². The quantitative estimate of drug-likeness (QED) is 0.698. The number of aromatic nitrogens is 1. The molecule has 1 aromatic rings. The van der Waals surface area contributed by atoms with Crippen molar-refractivity contribution < 1.29 is 19.1 Å². The fourth-order valence-electron chi connectivity index (χ4n) is 4.89. The first-order chi connectivity index (χ1) is 13.5. The van der Waals surface area contributed by atoms with Crippen LogP contribution in [0.15, 0.2) is 0 Å². The standard InChI is InChI=1S/C21H27NO4.C2H6/c1-3-26-20(24)18-13(2)17-15(11-21(7-4-8-21)12-16(17)23)22-19(18)14-5-9-25-10-6-14;1-2/h14H,3-12H2,1-2H3;1-2H3. The summed E-state index contributed by atoms with van der Waals surface area (Å²) in [4.78, 5) is 30.6. The fourth-order valence-corrected chi connectivity index (χ4v) is 4.89. The van der Waals surface area contributed by atoms with Crippen molar-refractivity contribution in [2.24, 2.45) is 5.41 Å². The molecule has 0 radical (unpaired) electrons. The minimum atomic E-state index is -0.349. The van der Waals surface area contributed by atoms with Crippen LogP contribution >= 0.6 is 0 Å². The highest BCUT2D eigenvalue weighted by Crippen LogP contribution is 2.50. The lowest BCUT2D eigenvalue weighted by molar-refractivity contribution is 0.0516. The van der Waals surface area contributed by atoms with Crippen molar-refractivity contribution >= 4 is 11.8 Å². The number of ketones is 1. The predicted octanol–water partition coefficient (Wildman–Crippen LogP) is 4.79. The number of rotatable bonds is 3. The number of ether oxygens (including phenoxy) is 2. The summed E-state index contributed by atoms with van der Waals surface area (Å²) in [5, 5.41) is 0. The Kier molecular flexibility index (Phi) is 6.54. The van der Waals surface area contributed by atoms with E-state index in [4.69, 9.17) is 14.5 Å². The number of esters is 1. The van der Waals surface area contributed by atoms with E-state index in [0.717, 1.165) is 49.1 Å². The molecule has 0 N–H and O–H groups in total. The maximum absolute atomic E-state index is 12.9. The number of Topliss-reactive ketones (excluding diaryl/α,β-unsaturated/α-hetero) is 1. The smallest absolute Gasteiger partial charge is 0.340 e.